The molecule has 2 atom stereocenters. The molecule has 0 aromatic heterocycles. The number of nitrogens with one attached hydrogen (secondary N) is 1. The first-order valence-electron chi connectivity index (χ1n) is 11.0. The Balaban J connectivity index is 1.55. The molecule has 0 bridgehead atoms. The van der Waals surface area contributed by atoms with E-state index in [4.69, 9.17) is 9.47 Å². The number of hydrogen-bond acceptors (Lipinski definition) is 6. The lowest BCUT2D eigenvalue weighted by Crippen LogP contribution is -2.32. The summed E-state index contributed by atoms with van der Waals surface area (Å²) in [6, 6.07) is 22.6. The average molecular weight is 450 g/mol. The molecule has 3 rings (SSSR count). The Morgan fingerprint density at radius 2 is 1.76 bits per heavy atom. The number of benzene rings is 3. The summed E-state index contributed by atoms with van der Waals surface area (Å²) in [5, 5.41) is 23.8. The van der Waals surface area contributed by atoms with Gasteiger partial charge < -0.3 is 25.0 Å². The molecule has 0 aliphatic heterocycles. The van der Waals surface area contributed by atoms with Crippen molar-refractivity contribution in [2.45, 2.75) is 38.7 Å². The number of aliphatic hydroxyl groups excluding tert-OH is 2. The van der Waals surface area contributed by atoms with Crippen LogP contribution in [0, 0.1) is 0 Å². The molecule has 3 N–H and O–H groups in total. The summed E-state index contributed by atoms with van der Waals surface area (Å²) in [7, 11) is 1.37. The first-order chi connectivity index (χ1) is 16.0. The van der Waals surface area contributed by atoms with Crippen LogP contribution in [0.15, 0.2) is 72.8 Å². The van der Waals surface area contributed by atoms with Gasteiger partial charge in [-0.05, 0) is 54.3 Å². The van der Waals surface area contributed by atoms with Gasteiger partial charge in [0.25, 0.3) is 0 Å². The fourth-order valence-corrected chi connectivity index (χ4v) is 3.61. The van der Waals surface area contributed by atoms with Crippen LogP contribution >= 0.6 is 0 Å². The summed E-state index contributed by atoms with van der Waals surface area (Å²) < 4.78 is 10.6. The Labute approximate surface area is 194 Å². The molecule has 0 radical (unpaired) electrons. The minimum absolute atomic E-state index is 0.0818. The van der Waals surface area contributed by atoms with E-state index >= 15 is 0 Å². The number of esters is 1. The first-order valence-corrected chi connectivity index (χ1v) is 11.0. The van der Waals surface area contributed by atoms with Crippen LogP contribution in [-0.2, 0) is 24.4 Å². The molecule has 0 aliphatic rings. The normalized spacial score (nSPS) is 12.7. The van der Waals surface area contributed by atoms with Crippen LogP contribution in [0.3, 0.4) is 0 Å². The zero-order chi connectivity index (χ0) is 23.6. The van der Waals surface area contributed by atoms with Crippen molar-refractivity contribution in [3.05, 3.63) is 101 Å². The fraction of sp³-hybridized carbons (Fsp3) is 0.296. The van der Waals surface area contributed by atoms with Gasteiger partial charge in [-0.2, -0.15) is 0 Å². The lowest BCUT2D eigenvalue weighted by atomic mass is 10.0. The Morgan fingerprint density at radius 3 is 2.48 bits per heavy atom. The van der Waals surface area contributed by atoms with Crippen molar-refractivity contribution in [1.82, 2.24) is 5.32 Å². The average Bonchev–Trinajstić information content (AvgIpc) is 2.86. The molecule has 33 heavy (non-hydrogen) atoms. The van der Waals surface area contributed by atoms with E-state index < -0.39 is 6.10 Å². The molecule has 0 saturated heterocycles. The third kappa shape index (κ3) is 7.15. The summed E-state index contributed by atoms with van der Waals surface area (Å²) in [5.74, 6) is 0.243. The minimum Gasteiger partial charge on any atom is -0.489 e. The van der Waals surface area contributed by atoms with Gasteiger partial charge in [-0.1, -0.05) is 48.5 Å². The van der Waals surface area contributed by atoms with E-state index in [0.29, 0.717) is 42.0 Å². The molecule has 0 heterocycles. The molecule has 0 fully saturated rings. The quantitative estimate of drug-likeness (QED) is 0.386. The van der Waals surface area contributed by atoms with Gasteiger partial charge in [0, 0.05) is 18.2 Å². The topological polar surface area (TPSA) is 88.0 Å². The van der Waals surface area contributed by atoms with Gasteiger partial charge in [-0.15, -0.1) is 0 Å². The standard InChI is InChI=1S/C27H31NO5/c1-19(13-21-9-6-10-23(14-21)27(31)32-2)28-16-25(30)22-11-12-26(24(15-22)17-29)33-18-20-7-4-3-5-8-20/h3-12,14-15,19,25,28-30H,13,16-18H2,1-2H3/t19-,25-/m1/s1. The molecule has 3 aromatic rings. The summed E-state index contributed by atoms with van der Waals surface area (Å²) in [4.78, 5) is 11.7. The van der Waals surface area contributed by atoms with Crippen molar-refractivity contribution in [2.75, 3.05) is 13.7 Å². The highest BCUT2D eigenvalue weighted by Gasteiger charge is 2.14. The number of aliphatic hydroxyl groups is 2. The van der Waals surface area contributed by atoms with E-state index in [2.05, 4.69) is 5.32 Å². The van der Waals surface area contributed by atoms with Crippen molar-refractivity contribution >= 4 is 5.97 Å². The molecular weight excluding hydrogens is 418 g/mol. The maximum atomic E-state index is 11.7. The van der Waals surface area contributed by atoms with Crippen molar-refractivity contribution in [1.29, 1.82) is 0 Å². The number of carbonyl (C=O) groups is 1. The molecule has 0 spiro atoms. The maximum absolute atomic E-state index is 11.7. The predicted octanol–water partition coefficient (Wildman–Crippen LogP) is 3.80. The van der Waals surface area contributed by atoms with Crippen LogP contribution in [0.25, 0.3) is 0 Å². The summed E-state index contributed by atoms with van der Waals surface area (Å²) >= 11 is 0. The second kappa shape index (κ2) is 12.2. The Morgan fingerprint density at radius 1 is 1.00 bits per heavy atom. The van der Waals surface area contributed by atoms with Gasteiger partial charge in [0.05, 0.1) is 25.4 Å². The van der Waals surface area contributed by atoms with Gasteiger partial charge in [-0.25, -0.2) is 4.79 Å². The highest BCUT2D eigenvalue weighted by atomic mass is 16.5. The van der Waals surface area contributed by atoms with Crippen molar-refractivity contribution in [3.63, 3.8) is 0 Å². The SMILES string of the molecule is COC(=O)c1cccc(C[C@@H](C)NC[C@@H](O)c2ccc(OCc3ccccc3)c(CO)c2)c1. The molecule has 0 unspecified atom stereocenters. The lowest BCUT2D eigenvalue weighted by molar-refractivity contribution is 0.0600. The van der Waals surface area contributed by atoms with Crippen LogP contribution in [0.2, 0.25) is 0 Å². The molecule has 0 saturated carbocycles. The predicted molar refractivity (Wildman–Crippen MR) is 127 cm³/mol. The van der Waals surface area contributed by atoms with E-state index in [9.17, 15) is 15.0 Å². The van der Waals surface area contributed by atoms with Crippen LogP contribution in [-0.4, -0.2) is 35.9 Å². The zero-order valence-electron chi connectivity index (χ0n) is 19.0. The third-order valence-corrected chi connectivity index (χ3v) is 5.43. The Bertz CT molecular complexity index is 1040. The van der Waals surface area contributed by atoms with Crippen molar-refractivity contribution in [3.8, 4) is 5.75 Å². The minimum atomic E-state index is -0.734. The third-order valence-electron chi connectivity index (χ3n) is 5.43. The van der Waals surface area contributed by atoms with E-state index in [0.717, 1.165) is 11.1 Å². The number of carbonyl (C=O) groups excluding carboxylic acids is 1. The van der Waals surface area contributed by atoms with Gasteiger partial charge in [0.2, 0.25) is 0 Å². The fourth-order valence-electron chi connectivity index (χ4n) is 3.61. The number of methoxy groups -OCH3 is 1. The van der Waals surface area contributed by atoms with Gasteiger partial charge in [0.15, 0.2) is 0 Å². The monoisotopic (exact) mass is 449 g/mol. The molecule has 0 aliphatic carbocycles. The largest absolute Gasteiger partial charge is 0.489 e. The first kappa shape index (κ1) is 24.5. The zero-order valence-corrected chi connectivity index (χ0v) is 19.0. The molecule has 6 nitrogen and oxygen atoms in total. The summed E-state index contributed by atoms with van der Waals surface area (Å²) in [5.41, 5.74) is 3.91. The highest BCUT2D eigenvalue weighted by molar-refractivity contribution is 5.89. The van der Waals surface area contributed by atoms with Crippen LogP contribution in [0.1, 0.15) is 45.6 Å². The second-order valence-corrected chi connectivity index (χ2v) is 8.02. The van der Waals surface area contributed by atoms with E-state index in [1.54, 1.807) is 18.2 Å². The van der Waals surface area contributed by atoms with Gasteiger partial charge in [0.1, 0.15) is 12.4 Å². The summed E-state index contributed by atoms with van der Waals surface area (Å²) in [6.45, 7) is 2.61. The smallest absolute Gasteiger partial charge is 0.337 e. The Kier molecular flexibility index (Phi) is 9.01. The van der Waals surface area contributed by atoms with Gasteiger partial charge in [-0.3, -0.25) is 0 Å². The van der Waals surface area contributed by atoms with Crippen LogP contribution in [0.5, 0.6) is 5.75 Å². The van der Waals surface area contributed by atoms with Crippen LogP contribution < -0.4 is 10.1 Å². The highest BCUT2D eigenvalue weighted by Crippen LogP contribution is 2.25. The second-order valence-electron chi connectivity index (χ2n) is 8.02. The van der Waals surface area contributed by atoms with Gasteiger partial charge >= 0.3 is 5.97 Å². The van der Waals surface area contributed by atoms with Crippen molar-refractivity contribution < 1.29 is 24.5 Å². The van der Waals surface area contributed by atoms with E-state index in [1.807, 2.05) is 61.5 Å². The van der Waals surface area contributed by atoms with Crippen LogP contribution in [0.4, 0.5) is 0 Å². The Hall–Kier alpha value is -3.19. The molecule has 174 valence electrons. The van der Waals surface area contributed by atoms with E-state index in [-0.39, 0.29) is 18.6 Å². The number of ether oxygens (including phenoxy) is 2. The maximum Gasteiger partial charge on any atom is 0.337 e. The summed E-state index contributed by atoms with van der Waals surface area (Å²) in [6.07, 6.45) is -0.0338. The van der Waals surface area contributed by atoms with Crippen molar-refractivity contribution in [2.24, 2.45) is 0 Å². The molecule has 6 heteroatoms. The molecule has 0 amide bonds. The molecular formula is C27H31NO5. The number of hydrogen-bond donors (Lipinski definition) is 3. The number of rotatable bonds is 11. The lowest BCUT2D eigenvalue weighted by Gasteiger charge is -2.19. The van der Waals surface area contributed by atoms with E-state index in [1.165, 1.54) is 7.11 Å². The molecule has 3 aromatic carbocycles.